The van der Waals surface area contributed by atoms with Crippen LogP contribution >= 0.6 is 0 Å². The van der Waals surface area contributed by atoms with Gasteiger partial charge in [0.05, 0.1) is 7.11 Å². The van der Waals surface area contributed by atoms with Gasteiger partial charge < -0.3 is 0 Å². The van der Waals surface area contributed by atoms with Crippen LogP contribution in [0.5, 0.6) is 0 Å². The van der Waals surface area contributed by atoms with Crippen LogP contribution in [-0.4, -0.2) is 25.1 Å². The second kappa shape index (κ2) is 9.97. The van der Waals surface area contributed by atoms with Crippen molar-refractivity contribution in [1.82, 2.24) is 5.06 Å². The molecule has 0 N–H and O–H groups in total. The highest BCUT2D eigenvalue weighted by molar-refractivity contribution is 5.74. The Balaban J connectivity index is 3.20. The minimum Gasteiger partial charge on any atom is -0.275 e. The first kappa shape index (κ1) is 14.4. The number of carbonyl (C=O) groups excluding carboxylic acids is 1. The van der Waals surface area contributed by atoms with Crippen molar-refractivity contribution in [2.24, 2.45) is 0 Å². The van der Waals surface area contributed by atoms with Crippen molar-refractivity contribution in [2.75, 3.05) is 14.2 Å². The van der Waals surface area contributed by atoms with Crippen LogP contribution in [0, 0.1) is 0 Å². The van der Waals surface area contributed by atoms with E-state index in [2.05, 4.69) is 6.92 Å². The van der Waals surface area contributed by atoms with E-state index in [1.165, 1.54) is 44.3 Å². The summed E-state index contributed by atoms with van der Waals surface area (Å²) < 4.78 is 0. The van der Waals surface area contributed by atoms with Crippen LogP contribution in [0.25, 0.3) is 0 Å². The van der Waals surface area contributed by atoms with Gasteiger partial charge in [0.25, 0.3) is 0 Å². The van der Waals surface area contributed by atoms with Crippen LogP contribution in [0.4, 0.5) is 0 Å². The number of nitrogens with zero attached hydrogens (tertiary/aromatic N) is 1. The largest absolute Gasteiger partial charge is 0.275 e. The van der Waals surface area contributed by atoms with Crippen molar-refractivity contribution in [3.63, 3.8) is 0 Å². The molecule has 0 saturated heterocycles. The fourth-order valence-corrected chi connectivity index (χ4v) is 1.49. The van der Waals surface area contributed by atoms with Crippen LogP contribution in [0.2, 0.25) is 0 Å². The predicted molar refractivity (Wildman–Crippen MR) is 62.4 cm³/mol. The van der Waals surface area contributed by atoms with E-state index in [0.717, 1.165) is 12.8 Å². The Morgan fingerprint density at radius 2 is 1.60 bits per heavy atom. The van der Waals surface area contributed by atoms with Crippen molar-refractivity contribution >= 4 is 5.91 Å². The number of rotatable bonds is 9. The summed E-state index contributed by atoms with van der Waals surface area (Å²) in [6.45, 7) is 2.22. The maximum atomic E-state index is 11.3. The Kier molecular flexibility index (Phi) is 9.59. The van der Waals surface area contributed by atoms with Crippen molar-refractivity contribution < 1.29 is 9.63 Å². The Labute approximate surface area is 93.7 Å². The summed E-state index contributed by atoms with van der Waals surface area (Å²) in [5.41, 5.74) is 0. The van der Waals surface area contributed by atoms with Crippen LogP contribution in [0.3, 0.4) is 0 Å². The fraction of sp³-hybridized carbons (Fsp3) is 0.917. The van der Waals surface area contributed by atoms with Gasteiger partial charge in [0.15, 0.2) is 0 Å². The Hall–Kier alpha value is -0.570. The molecule has 3 heteroatoms. The highest BCUT2D eigenvalue weighted by Gasteiger charge is 2.06. The highest BCUT2D eigenvalue weighted by Crippen LogP contribution is 2.08. The third kappa shape index (κ3) is 8.43. The monoisotopic (exact) mass is 215 g/mol. The van der Waals surface area contributed by atoms with E-state index in [0.29, 0.717) is 6.42 Å². The van der Waals surface area contributed by atoms with Gasteiger partial charge in [-0.05, 0) is 6.42 Å². The van der Waals surface area contributed by atoms with E-state index in [9.17, 15) is 4.79 Å². The minimum atomic E-state index is 0.0751. The van der Waals surface area contributed by atoms with E-state index in [-0.39, 0.29) is 5.91 Å². The molecule has 0 rings (SSSR count). The first-order chi connectivity index (χ1) is 7.22. The molecule has 0 aliphatic heterocycles. The maximum absolute atomic E-state index is 11.3. The van der Waals surface area contributed by atoms with Crippen molar-refractivity contribution in [3.8, 4) is 0 Å². The maximum Gasteiger partial charge on any atom is 0.245 e. The summed E-state index contributed by atoms with van der Waals surface area (Å²) in [6, 6.07) is 0. The number of unbranched alkanes of at least 4 members (excludes halogenated alkanes) is 6. The molecular formula is C12H25NO2. The lowest BCUT2D eigenvalue weighted by Crippen LogP contribution is -2.24. The summed E-state index contributed by atoms with van der Waals surface area (Å²) >= 11 is 0. The smallest absolute Gasteiger partial charge is 0.245 e. The third-order valence-electron chi connectivity index (χ3n) is 2.62. The van der Waals surface area contributed by atoms with Gasteiger partial charge in [-0.25, -0.2) is 5.06 Å². The molecule has 0 aliphatic carbocycles. The molecule has 0 atom stereocenters. The lowest BCUT2D eigenvalue weighted by Gasteiger charge is -2.12. The molecule has 0 heterocycles. The zero-order valence-corrected chi connectivity index (χ0v) is 10.4. The molecule has 0 radical (unpaired) electrons. The van der Waals surface area contributed by atoms with Gasteiger partial charge in [-0.15, -0.1) is 0 Å². The van der Waals surface area contributed by atoms with E-state index >= 15 is 0 Å². The molecule has 90 valence electrons. The molecule has 1 amide bonds. The molecular weight excluding hydrogens is 190 g/mol. The fourth-order valence-electron chi connectivity index (χ4n) is 1.49. The molecule has 0 spiro atoms. The van der Waals surface area contributed by atoms with Gasteiger partial charge in [-0.3, -0.25) is 9.63 Å². The molecule has 0 aliphatic rings. The van der Waals surface area contributed by atoms with Crippen LogP contribution in [-0.2, 0) is 9.63 Å². The van der Waals surface area contributed by atoms with Gasteiger partial charge in [0.2, 0.25) is 5.91 Å². The van der Waals surface area contributed by atoms with E-state index < -0.39 is 0 Å². The van der Waals surface area contributed by atoms with Gasteiger partial charge >= 0.3 is 0 Å². The Bertz CT molecular complexity index is 160. The molecule has 0 aromatic carbocycles. The second-order valence-corrected chi connectivity index (χ2v) is 3.95. The quantitative estimate of drug-likeness (QED) is 0.437. The lowest BCUT2D eigenvalue weighted by molar-refractivity contribution is -0.168. The van der Waals surface area contributed by atoms with Gasteiger partial charge in [0, 0.05) is 13.5 Å². The Morgan fingerprint density at radius 1 is 1.07 bits per heavy atom. The van der Waals surface area contributed by atoms with Gasteiger partial charge in [-0.1, -0.05) is 45.4 Å². The number of hydrogen-bond acceptors (Lipinski definition) is 2. The average molecular weight is 215 g/mol. The van der Waals surface area contributed by atoms with E-state index in [1.807, 2.05) is 0 Å². The first-order valence-corrected chi connectivity index (χ1v) is 6.03. The average Bonchev–Trinajstić information content (AvgIpc) is 2.26. The van der Waals surface area contributed by atoms with Crippen molar-refractivity contribution in [2.45, 2.75) is 58.3 Å². The summed E-state index contributed by atoms with van der Waals surface area (Å²) in [6.07, 6.45) is 9.28. The predicted octanol–water partition coefficient (Wildman–Crippen LogP) is 3.15. The number of hydrogen-bond donors (Lipinski definition) is 0. The van der Waals surface area contributed by atoms with Crippen LogP contribution in [0.1, 0.15) is 58.3 Å². The normalized spacial score (nSPS) is 10.3. The third-order valence-corrected chi connectivity index (χ3v) is 2.62. The second-order valence-electron chi connectivity index (χ2n) is 3.95. The van der Waals surface area contributed by atoms with Gasteiger partial charge in [0.1, 0.15) is 0 Å². The van der Waals surface area contributed by atoms with Crippen LogP contribution in [0.15, 0.2) is 0 Å². The van der Waals surface area contributed by atoms with E-state index in [4.69, 9.17) is 4.84 Å². The van der Waals surface area contributed by atoms with E-state index in [1.54, 1.807) is 7.05 Å². The van der Waals surface area contributed by atoms with Crippen molar-refractivity contribution in [1.29, 1.82) is 0 Å². The SMILES string of the molecule is CCCCCCCCCC(=O)N(C)OC. The Morgan fingerprint density at radius 3 is 2.13 bits per heavy atom. The summed E-state index contributed by atoms with van der Waals surface area (Å²) in [4.78, 5) is 16.1. The van der Waals surface area contributed by atoms with Crippen LogP contribution < -0.4 is 0 Å². The minimum absolute atomic E-state index is 0.0751. The molecule has 0 aromatic heterocycles. The molecule has 0 bridgehead atoms. The zero-order valence-electron chi connectivity index (χ0n) is 10.4. The topological polar surface area (TPSA) is 29.5 Å². The lowest BCUT2D eigenvalue weighted by atomic mass is 10.1. The number of carbonyl (C=O) groups is 1. The number of hydroxylamine groups is 2. The van der Waals surface area contributed by atoms with Crippen molar-refractivity contribution in [3.05, 3.63) is 0 Å². The summed E-state index contributed by atoms with van der Waals surface area (Å²) in [5.74, 6) is 0.0751. The van der Waals surface area contributed by atoms with Gasteiger partial charge in [-0.2, -0.15) is 0 Å². The summed E-state index contributed by atoms with van der Waals surface area (Å²) in [5, 5.41) is 1.30. The first-order valence-electron chi connectivity index (χ1n) is 6.03. The molecule has 3 nitrogen and oxygen atoms in total. The summed E-state index contributed by atoms with van der Waals surface area (Å²) in [7, 11) is 3.17. The molecule has 0 saturated carbocycles. The molecule has 0 aromatic rings. The standard InChI is InChI=1S/C12H25NO2/c1-4-5-6-7-8-9-10-11-12(14)13(2)15-3/h4-11H2,1-3H3. The molecule has 0 fully saturated rings. The molecule has 0 unspecified atom stereocenters. The molecule has 15 heavy (non-hydrogen) atoms. The number of amides is 1. The highest BCUT2D eigenvalue weighted by atomic mass is 16.7. The zero-order chi connectivity index (χ0) is 11.5.